The number of imidazole rings is 1. The van der Waals surface area contributed by atoms with Gasteiger partial charge in [-0.1, -0.05) is 12.1 Å². The van der Waals surface area contributed by atoms with Crippen LogP contribution in [0.15, 0.2) is 53.3 Å². The van der Waals surface area contributed by atoms with E-state index < -0.39 is 4.92 Å². The molecule has 9 heteroatoms. The number of anilines is 1. The first-order valence-corrected chi connectivity index (χ1v) is 9.87. The molecule has 4 rings (SSSR count). The number of nitro benzene ring substituents is 1. The summed E-state index contributed by atoms with van der Waals surface area (Å²) in [5.74, 6) is 0.0261. The van der Waals surface area contributed by atoms with Gasteiger partial charge in [-0.15, -0.1) is 0 Å². The largest absolute Gasteiger partial charge is 0.368 e. The van der Waals surface area contributed by atoms with Crippen molar-refractivity contribution in [3.63, 3.8) is 0 Å². The van der Waals surface area contributed by atoms with Crippen LogP contribution in [-0.2, 0) is 18.4 Å². The highest BCUT2D eigenvalue weighted by atomic mass is 16.6. The van der Waals surface area contributed by atoms with Crippen molar-refractivity contribution in [1.29, 1.82) is 0 Å². The van der Waals surface area contributed by atoms with E-state index in [0.29, 0.717) is 32.7 Å². The molecule has 1 fully saturated rings. The van der Waals surface area contributed by atoms with Crippen LogP contribution >= 0.6 is 0 Å². The molecule has 0 spiro atoms. The first-order chi connectivity index (χ1) is 14.5. The minimum Gasteiger partial charge on any atom is -0.368 e. The van der Waals surface area contributed by atoms with E-state index in [-0.39, 0.29) is 23.7 Å². The molecular weight excluding hydrogens is 386 g/mol. The number of carbonyl (C=O) groups is 1. The van der Waals surface area contributed by atoms with Gasteiger partial charge in [-0.3, -0.25) is 24.0 Å². The van der Waals surface area contributed by atoms with Crippen molar-refractivity contribution in [3.05, 3.63) is 69.1 Å². The van der Waals surface area contributed by atoms with Crippen LogP contribution in [0.2, 0.25) is 0 Å². The molecular formula is C21H23N5O4. The Hall–Kier alpha value is -3.62. The summed E-state index contributed by atoms with van der Waals surface area (Å²) in [4.78, 5) is 39.5. The van der Waals surface area contributed by atoms with E-state index in [1.165, 1.54) is 12.1 Å². The Bertz CT molecular complexity index is 1140. The van der Waals surface area contributed by atoms with Crippen LogP contribution in [-0.4, -0.2) is 51.0 Å². The highest BCUT2D eigenvalue weighted by Gasteiger charge is 2.22. The summed E-state index contributed by atoms with van der Waals surface area (Å²) in [5, 5.41) is 10.8. The van der Waals surface area contributed by atoms with Crippen molar-refractivity contribution in [2.45, 2.75) is 13.0 Å². The Kier molecular flexibility index (Phi) is 5.26. The maximum atomic E-state index is 12.7. The molecule has 3 aromatic rings. The summed E-state index contributed by atoms with van der Waals surface area (Å²) in [7, 11) is 1.74. The third kappa shape index (κ3) is 3.66. The summed E-state index contributed by atoms with van der Waals surface area (Å²) >= 11 is 0. The van der Waals surface area contributed by atoms with Gasteiger partial charge in [0.2, 0.25) is 5.91 Å². The van der Waals surface area contributed by atoms with E-state index in [1.807, 2.05) is 29.2 Å². The van der Waals surface area contributed by atoms with E-state index >= 15 is 0 Å². The van der Waals surface area contributed by atoms with Crippen molar-refractivity contribution in [2.24, 2.45) is 7.05 Å². The van der Waals surface area contributed by atoms with Crippen LogP contribution in [0, 0.1) is 10.1 Å². The molecule has 0 bridgehead atoms. The molecule has 1 saturated heterocycles. The van der Waals surface area contributed by atoms with Gasteiger partial charge in [0.05, 0.1) is 16.0 Å². The number of hydrogen-bond donors (Lipinski definition) is 0. The fourth-order valence-corrected chi connectivity index (χ4v) is 3.94. The number of piperazine rings is 1. The first-order valence-electron chi connectivity index (χ1n) is 9.87. The van der Waals surface area contributed by atoms with Crippen molar-refractivity contribution in [1.82, 2.24) is 14.0 Å². The van der Waals surface area contributed by atoms with Crippen LogP contribution in [0.4, 0.5) is 11.4 Å². The molecule has 0 atom stereocenters. The molecule has 1 aromatic heterocycles. The lowest BCUT2D eigenvalue weighted by molar-refractivity contribution is -0.384. The van der Waals surface area contributed by atoms with Crippen molar-refractivity contribution >= 4 is 28.3 Å². The number of aromatic nitrogens is 2. The Morgan fingerprint density at radius 2 is 1.63 bits per heavy atom. The van der Waals surface area contributed by atoms with Crippen LogP contribution in [0.5, 0.6) is 0 Å². The van der Waals surface area contributed by atoms with Crippen LogP contribution in [0.25, 0.3) is 11.0 Å². The second-order valence-corrected chi connectivity index (χ2v) is 7.37. The number of carbonyl (C=O) groups excluding carboxylic acids is 1. The Balaban J connectivity index is 1.36. The van der Waals surface area contributed by atoms with E-state index in [0.717, 1.165) is 16.7 Å². The number of para-hydroxylation sites is 2. The fraction of sp³-hybridized carbons (Fsp3) is 0.333. The van der Waals surface area contributed by atoms with E-state index in [9.17, 15) is 19.7 Å². The molecule has 156 valence electrons. The standard InChI is InChI=1S/C21H23N5O4/c1-22-18-4-2-3-5-19(18)25(21(22)28)11-10-20(27)24-14-12-23(13-15-24)16-6-8-17(9-7-16)26(29)30/h2-9H,10-15H2,1H3. The normalized spacial score (nSPS) is 14.3. The van der Waals surface area contributed by atoms with Gasteiger partial charge in [-0.2, -0.15) is 0 Å². The van der Waals surface area contributed by atoms with Gasteiger partial charge in [0.25, 0.3) is 5.69 Å². The number of amides is 1. The molecule has 0 N–H and O–H groups in total. The van der Waals surface area contributed by atoms with Gasteiger partial charge in [-0.25, -0.2) is 4.79 Å². The molecule has 1 aliphatic rings. The average Bonchev–Trinajstić information content (AvgIpc) is 3.02. The zero-order chi connectivity index (χ0) is 21.3. The van der Waals surface area contributed by atoms with E-state index in [4.69, 9.17) is 0 Å². The third-order valence-electron chi connectivity index (χ3n) is 5.66. The summed E-state index contributed by atoms with van der Waals surface area (Å²) in [5.41, 5.74) is 2.55. The minimum absolute atomic E-state index is 0.0261. The van der Waals surface area contributed by atoms with E-state index in [1.54, 1.807) is 28.3 Å². The zero-order valence-corrected chi connectivity index (χ0v) is 16.7. The number of fused-ring (bicyclic) bond motifs is 1. The number of nitrogens with zero attached hydrogens (tertiary/aromatic N) is 5. The molecule has 9 nitrogen and oxygen atoms in total. The second kappa shape index (κ2) is 8.02. The van der Waals surface area contributed by atoms with E-state index in [2.05, 4.69) is 4.90 Å². The number of hydrogen-bond acceptors (Lipinski definition) is 5. The van der Waals surface area contributed by atoms with Gasteiger partial charge in [0.15, 0.2) is 0 Å². The SMILES string of the molecule is Cn1c(=O)n(CCC(=O)N2CCN(c3ccc([N+](=O)[O-])cc3)CC2)c2ccccc21. The Labute approximate surface area is 172 Å². The fourth-order valence-electron chi connectivity index (χ4n) is 3.94. The Morgan fingerprint density at radius 1 is 1.00 bits per heavy atom. The third-order valence-corrected chi connectivity index (χ3v) is 5.66. The number of rotatable bonds is 5. The lowest BCUT2D eigenvalue weighted by Gasteiger charge is -2.36. The van der Waals surface area contributed by atoms with Crippen LogP contribution in [0.3, 0.4) is 0 Å². The number of non-ortho nitro benzene ring substituents is 1. The smallest absolute Gasteiger partial charge is 0.328 e. The zero-order valence-electron chi connectivity index (χ0n) is 16.7. The maximum Gasteiger partial charge on any atom is 0.328 e. The summed E-state index contributed by atoms with van der Waals surface area (Å²) in [6.45, 7) is 2.84. The highest BCUT2D eigenvalue weighted by molar-refractivity contribution is 5.78. The molecule has 1 amide bonds. The minimum atomic E-state index is -0.415. The number of aryl methyl sites for hydroxylation is 2. The molecule has 0 unspecified atom stereocenters. The van der Waals surface area contributed by atoms with Crippen LogP contribution < -0.4 is 10.6 Å². The van der Waals surface area contributed by atoms with Crippen molar-refractivity contribution in [3.8, 4) is 0 Å². The quantitative estimate of drug-likeness (QED) is 0.475. The summed E-state index contributed by atoms with van der Waals surface area (Å²) < 4.78 is 3.25. The molecule has 30 heavy (non-hydrogen) atoms. The number of nitro groups is 1. The predicted molar refractivity (Wildman–Crippen MR) is 114 cm³/mol. The average molecular weight is 409 g/mol. The highest BCUT2D eigenvalue weighted by Crippen LogP contribution is 2.21. The lowest BCUT2D eigenvalue weighted by Crippen LogP contribution is -2.49. The summed E-state index contributed by atoms with van der Waals surface area (Å²) in [6.07, 6.45) is 0.269. The topological polar surface area (TPSA) is 93.6 Å². The first kappa shape index (κ1) is 19.7. The lowest BCUT2D eigenvalue weighted by atomic mass is 10.2. The maximum absolute atomic E-state index is 12.7. The molecule has 0 saturated carbocycles. The van der Waals surface area contributed by atoms with Gasteiger partial charge >= 0.3 is 5.69 Å². The summed E-state index contributed by atoms with van der Waals surface area (Å²) in [6, 6.07) is 14.0. The Morgan fingerprint density at radius 3 is 2.27 bits per heavy atom. The molecule has 1 aliphatic heterocycles. The van der Waals surface area contributed by atoms with Gasteiger partial charge in [0, 0.05) is 64.0 Å². The molecule has 0 aliphatic carbocycles. The second-order valence-electron chi connectivity index (χ2n) is 7.37. The van der Waals surface area contributed by atoms with Gasteiger partial charge in [0.1, 0.15) is 0 Å². The van der Waals surface area contributed by atoms with Gasteiger partial charge in [-0.05, 0) is 24.3 Å². The van der Waals surface area contributed by atoms with Crippen molar-refractivity contribution < 1.29 is 9.72 Å². The molecule has 2 heterocycles. The molecule has 2 aromatic carbocycles. The predicted octanol–water partition coefficient (Wildman–Crippen LogP) is 1.99. The van der Waals surface area contributed by atoms with Gasteiger partial charge < -0.3 is 9.80 Å². The number of benzene rings is 2. The molecule has 0 radical (unpaired) electrons. The van der Waals surface area contributed by atoms with Crippen LogP contribution in [0.1, 0.15) is 6.42 Å². The van der Waals surface area contributed by atoms with Crippen molar-refractivity contribution in [2.75, 3.05) is 31.1 Å². The monoisotopic (exact) mass is 409 g/mol.